The lowest BCUT2D eigenvalue weighted by Gasteiger charge is -2.11. The van der Waals surface area contributed by atoms with Crippen LogP contribution in [0.15, 0.2) is 66.0 Å². The molecule has 0 atom stereocenters. The highest BCUT2D eigenvalue weighted by Gasteiger charge is 2.22. The Morgan fingerprint density at radius 1 is 1.06 bits per heavy atom. The molecular formula is C21H18ClF3N4O2S. The zero-order chi connectivity index (χ0) is 22.2. The molecule has 4 aromatic rings. The lowest BCUT2D eigenvalue weighted by molar-refractivity contribution is 0.549. The van der Waals surface area contributed by atoms with Crippen molar-refractivity contribution >= 4 is 44.7 Å². The molecule has 0 amide bonds. The predicted octanol–water partition coefficient (Wildman–Crippen LogP) is 4.58. The molecule has 0 aliphatic rings. The van der Waals surface area contributed by atoms with Gasteiger partial charge in [0.1, 0.15) is 16.4 Å². The normalized spacial score (nSPS) is 11.4. The van der Waals surface area contributed by atoms with Crippen LogP contribution in [0.3, 0.4) is 0 Å². The molecule has 0 aliphatic heterocycles. The predicted molar refractivity (Wildman–Crippen MR) is 118 cm³/mol. The molecule has 0 unspecified atom stereocenters. The molecule has 2 aromatic carbocycles. The van der Waals surface area contributed by atoms with Gasteiger partial charge in [-0.3, -0.25) is 4.98 Å². The molecule has 2 aromatic heterocycles. The Morgan fingerprint density at radius 3 is 2.41 bits per heavy atom. The van der Waals surface area contributed by atoms with Crippen molar-refractivity contribution in [3.05, 3.63) is 84.1 Å². The topological polar surface area (TPSA) is 76.0 Å². The van der Waals surface area contributed by atoms with Crippen molar-refractivity contribution in [3.63, 3.8) is 0 Å². The first-order valence-electron chi connectivity index (χ1n) is 9.17. The molecule has 4 rings (SSSR count). The standard InChI is InChI=1S/C21H17F3N4O2S.ClH/c1-25-10-13-12-28(31(29,30)16-3-2-6-26-11-16)20-9-15(4-5-17(13)20)27-21-18(23)7-14(22)8-19(21)24;/h2-9,11-12,25,27H,10H2,1H3;1H. The molecular weight excluding hydrogens is 465 g/mol. The van der Waals surface area contributed by atoms with Gasteiger partial charge in [-0.15, -0.1) is 12.4 Å². The smallest absolute Gasteiger partial charge is 0.269 e. The average molecular weight is 483 g/mol. The summed E-state index contributed by atoms with van der Waals surface area (Å²) in [5, 5.41) is 6.20. The molecule has 11 heteroatoms. The Balaban J connectivity index is 0.00000289. The van der Waals surface area contributed by atoms with Crippen LogP contribution in [-0.2, 0) is 16.6 Å². The second-order valence-electron chi connectivity index (χ2n) is 6.78. The summed E-state index contributed by atoms with van der Waals surface area (Å²) in [6.45, 7) is 0.403. The summed E-state index contributed by atoms with van der Waals surface area (Å²) in [7, 11) is -2.24. The summed E-state index contributed by atoms with van der Waals surface area (Å²) in [4.78, 5) is 3.87. The fourth-order valence-electron chi connectivity index (χ4n) is 3.29. The fourth-order valence-corrected chi connectivity index (χ4v) is 4.64. The van der Waals surface area contributed by atoms with Crippen LogP contribution in [-0.4, -0.2) is 24.4 Å². The van der Waals surface area contributed by atoms with Crippen molar-refractivity contribution in [3.8, 4) is 0 Å². The van der Waals surface area contributed by atoms with Crippen LogP contribution in [0, 0.1) is 17.5 Å². The molecule has 2 heterocycles. The van der Waals surface area contributed by atoms with Gasteiger partial charge in [-0.25, -0.2) is 25.6 Å². The number of aromatic nitrogens is 2. The summed E-state index contributed by atoms with van der Waals surface area (Å²) < 4.78 is 68.8. The van der Waals surface area contributed by atoms with E-state index >= 15 is 0 Å². The van der Waals surface area contributed by atoms with Gasteiger partial charge >= 0.3 is 0 Å². The number of rotatable bonds is 6. The number of anilines is 2. The Labute approximate surface area is 188 Å². The van der Waals surface area contributed by atoms with Gasteiger partial charge in [0.15, 0.2) is 11.6 Å². The third-order valence-electron chi connectivity index (χ3n) is 4.69. The van der Waals surface area contributed by atoms with Gasteiger partial charge in [0.2, 0.25) is 0 Å². The lowest BCUT2D eigenvalue weighted by atomic mass is 10.1. The second kappa shape index (κ2) is 9.19. The Morgan fingerprint density at radius 2 is 1.78 bits per heavy atom. The fraction of sp³-hybridized carbons (Fsp3) is 0.0952. The van der Waals surface area contributed by atoms with E-state index in [1.54, 1.807) is 19.2 Å². The number of hydrogen-bond donors (Lipinski definition) is 2. The number of nitrogens with zero attached hydrogens (tertiary/aromatic N) is 2. The summed E-state index contributed by atoms with van der Waals surface area (Å²) in [5.74, 6) is -3.25. The Hall–Kier alpha value is -3.08. The Bertz CT molecular complexity index is 1360. The highest BCUT2D eigenvalue weighted by molar-refractivity contribution is 7.90. The third-order valence-corrected chi connectivity index (χ3v) is 6.35. The molecule has 2 N–H and O–H groups in total. The number of pyridine rings is 1. The van der Waals surface area contributed by atoms with E-state index in [1.807, 2.05) is 0 Å². The first kappa shape index (κ1) is 23.6. The molecule has 0 fully saturated rings. The van der Waals surface area contributed by atoms with Gasteiger partial charge in [-0.05, 0) is 36.9 Å². The van der Waals surface area contributed by atoms with E-state index in [0.29, 0.717) is 29.6 Å². The van der Waals surface area contributed by atoms with E-state index in [1.165, 1.54) is 36.8 Å². The molecule has 0 saturated carbocycles. The van der Waals surface area contributed by atoms with E-state index in [4.69, 9.17) is 0 Å². The summed E-state index contributed by atoms with van der Waals surface area (Å²) in [5.41, 5.74) is 0.718. The summed E-state index contributed by atoms with van der Waals surface area (Å²) in [6.07, 6.45) is 4.20. The first-order chi connectivity index (χ1) is 14.8. The molecule has 32 heavy (non-hydrogen) atoms. The number of halogens is 4. The molecule has 0 saturated heterocycles. The average Bonchev–Trinajstić information content (AvgIpc) is 3.10. The zero-order valence-corrected chi connectivity index (χ0v) is 18.3. The molecule has 0 radical (unpaired) electrons. The minimum Gasteiger partial charge on any atom is -0.351 e. The molecule has 168 valence electrons. The van der Waals surface area contributed by atoms with E-state index in [0.717, 1.165) is 9.54 Å². The van der Waals surface area contributed by atoms with Gasteiger partial charge < -0.3 is 10.6 Å². The quantitative estimate of drug-likeness (QED) is 0.421. The van der Waals surface area contributed by atoms with E-state index in [9.17, 15) is 21.6 Å². The number of fused-ring (bicyclic) bond motifs is 1. The van der Waals surface area contributed by atoms with E-state index in [-0.39, 0.29) is 23.0 Å². The van der Waals surface area contributed by atoms with Crippen molar-refractivity contribution in [2.24, 2.45) is 0 Å². The number of benzene rings is 2. The maximum absolute atomic E-state index is 14.0. The summed E-state index contributed by atoms with van der Waals surface area (Å²) in [6, 6.07) is 8.74. The second-order valence-corrected chi connectivity index (χ2v) is 8.59. The molecule has 0 spiro atoms. The van der Waals surface area contributed by atoms with Crippen LogP contribution in [0.25, 0.3) is 10.9 Å². The van der Waals surface area contributed by atoms with Crippen LogP contribution in [0.2, 0.25) is 0 Å². The van der Waals surface area contributed by atoms with Gasteiger partial charge in [-0.2, -0.15) is 0 Å². The maximum Gasteiger partial charge on any atom is 0.269 e. The van der Waals surface area contributed by atoms with Crippen molar-refractivity contribution in [1.29, 1.82) is 0 Å². The van der Waals surface area contributed by atoms with Crippen molar-refractivity contribution in [1.82, 2.24) is 14.3 Å². The highest BCUT2D eigenvalue weighted by atomic mass is 35.5. The maximum atomic E-state index is 14.0. The van der Waals surface area contributed by atoms with Crippen molar-refractivity contribution in [2.45, 2.75) is 11.4 Å². The van der Waals surface area contributed by atoms with Crippen LogP contribution in [0.5, 0.6) is 0 Å². The Kier molecular flexibility index (Phi) is 6.77. The highest BCUT2D eigenvalue weighted by Crippen LogP contribution is 2.31. The molecule has 6 nitrogen and oxygen atoms in total. The molecule has 0 aliphatic carbocycles. The largest absolute Gasteiger partial charge is 0.351 e. The zero-order valence-electron chi connectivity index (χ0n) is 16.6. The van der Waals surface area contributed by atoms with Crippen LogP contribution >= 0.6 is 12.4 Å². The van der Waals surface area contributed by atoms with Crippen molar-refractivity contribution in [2.75, 3.05) is 12.4 Å². The minimum absolute atomic E-state index is 0. The van der Waals surface area contributed by atoms with Crippen LogP contribution in [0.1, 0.15) is 5.56 Å². The van der Waals surface area contributed by atoms with Gasteiger partial charge in [-0.1, -0.05) is 6.07 Å². The van der Waals surface area contributed by atoms with Gasteiger partial charge in [0.25, 0.3) is 10.0 Å². The molecule has 0 bridgehead atoms. The lowest BCUT2D eigenvalue weighted by Crippen LogP contribution is -2.12. The SMILES string of the molecule is CNCc1cn(S(=O)(=O)c2cccnc2)c2cc(Nc3c(F)cc(F)cc3F)ccc12.Cl. The van der Waals surface area contributed by atoms with Crippen molar-refractivity contribution < 1.29 is 21.6 Å². The number of hydrogen-bond acceptors (Lipinski definition) is 5. The van der Waals surface area contributed by atoms with Crippen LogP contribution < -0.4 is 10.6 Å². The minimum atomic E-state index is -3.97. The first-order valence-corrected chi connectivity index (χ1v) is 10.6. The summed E-state index contributed by atoms with van der Waals surface area (Å²) >= 11 is 0. The van der Waals surface area contributed by atoms with E-state index < -0.39 is 33.2 Å². The third kappa shape index (κ3) is 4.29. The van der Waals surface area contributed by atoms with E-state index in [2.05, 4.69) is 15.6 Å². The monoisotopic (exact) mass is 482 g/mol. The number of nitrogens with one attached hydrogen (secondary N) is 2. The van der Waals surface area contributed by atoms with Gasteiger partial charge in [0, 0.05) is 48.3 Å². The van der Waals surface area contributed by atoms with Crippen LogP contribution in [0.4, 0.5) is 24.5 Å². The van der Waals surface area contributed by atoms with Gasteiger partial charge in [0.05, 0.1) is 5.52 Å².